The van der Waals surface area contributed by atoms with E-state index in [9.17, 15) is 31.1 Å². The van der Waals surface area contributed by atoms with Gasteiger partial charge in [0, 0.05) is 6.54 Å². The van der Waals surface area contributed by atoms with Crippen molar-refractivity contribution < 1.29 is 35.9 Å². The van der Waals surface area contributed by atoms with Crippen LogP contribution >= 0.6 is 0 Å². The summed E-state index contributed by atoms with van der Waals surface area (Å²) >= 11 is 0. The molecule has 0 fully saturated rings. The lowest BCUT2D eigenvalue weighted by Gasteiger charge is -2.15. The molecular formula is C21H22F6N2O2. The molecule has 0 aliphatic rings. The normalized spacial score (nSPS) is 13.1. The summed E-state index contributed by atoms with van der Waals surface area (Å²) in [6, 6.07) is 9.96. The number of benzene rings is 2. The van der Waals surface area contributed by atoms with Crippen molar-refractivity contribution in [2.75, 3.05) is 13.2 Å². The second-order valence-corrected chi connectivity index (χ2v) is 6.89. The largest absolute Gasteiger partial charge is 0.416 e. The SMILES string of the molecule is N[C@@H](CCc1ccccc1)C(=O)NCCOCc1cc(C(F)(F)F)cc(C(F)(F)F)c1. The van der Waals surface area contributed by atoms with E-state index >= 15 is 0 Å². The zero-order valence-electron chi connectivity index (χ0n) is 16.4. The van der Waals surface area contributed by atoms with Crippen LogP contribution in [-0.4, -0.2) is 25.1 Å². The molecule has 10 heteroatoms. The smallest absolute Gasteiger partial charge is 0.375 e. The molecule has 0 radical (unpaired) electrons. The highest BCUT2D eigenvalue weighted by molar-refractivity contribution is 5.81. The molecule has 4 nitrogen and oxygen atoms in total. The topological polar surface area (TPSA) is 64.4 Å². The van der Waals surface area contributed by atoms with Gasteiger partial charge < -0.3 is 15.8 Å². The molecule has 2 aromatic carbocycles. The molecular weight excluding hydrogens is 426 g/mol. The van der Waals surface area contributed by atoms with Gasteiger partial charge in [-0.15, -0.1) is 0 Å². The maximum Gasteiger partial charge on any atom is 0.416 e. The zero-order chi connectivity index (χ0) is 23.1. The Kier molecular flexibility index (Phi) is 8.46. The summed E-state index contributed by atoms with van der Waals surface area (Å²) in [5.41, 5.74) is 3.78. The number of hydrogen-bond donors (Lipinski definition) is 2. The Hall–Kier alpha value is -2.59. The van der Waals surface area contributed by atoms with Crippen molar-refractivity contribution in [3.05, 3.63) is 70.8 Å². The number of nitrogens with two attached hydrogens (primary N) is 1. The van der Waals surface area contributed by atoms with Gasteiger partial charge in [-0.05, 0) is 42.2 Å². The summed E-state index contributed by atoms with van der Waals surface area (Å²) in [7, 11) is 0. The number of halogens is 6. The lowest BCUT2D eigenvalue weighted by atomic mass is 10.1. The van der Waals surface area contributed by atoms with Crippen molar-refractivity contribution in [1.29, 1.82) is 0 Å². The number of hydrogen-bond acceptors (Lipinski definition) is 3. The summed E-state index contributed by atoms with van der Waals surface area (Å²) in [6.45, 7) is -0.555. The monoisotopic (exact) mass is 448 g/mol. The highest BCUT2D eigenvalue weighted by Gasteiger charge is 2.36. The third-order valence-corrected chi connectivity index (χ3v) is 4.39. The Labute approximate surface area is 175 Å². The van der Waals surface area contributed by atoms with Gasteiger partial charge in [0.2, 0.25) is 5.91 Å². The maximum atomic E-state index is 12.8. The van der Waals surface area contributed by atoms with Gasteiger partial charge in [-0.2, -0.15) is 26.3 Å². The van der Waals surface area contributed by atoms with Crippen LogP contribution in [0.1, 0.15) is 28.7 Å². The fraction of sp³-hybridized carbons (Fsp3) is 0.381. The van der Waals surface area contributed by atoms with Gasteiger partial charge >= 0.3 is 12.4 Å². The molecule has 0 saturated carbocycles. The van der Waals surface area contributed by atoms with Crippen molar-refractivity contribution in [3.63, 3.8) is 0 Å². The minimum atomic E-state index is -4.92. The maximum absolute atomic E-state index is 12.8. The van der Waals surface area contributed by atoms with E-state index in [-0.39, 0.29) is 24.8 Å². The van der Waals surface area contributed by atoms with Crippen LogP contribution in [0.25, 0.3) is 0 Å². The van der Waals surface area contributed by atoms with E-state index in [0.29, 0.717) is 25.0 Å². The lowest BCUT2D eigenvalue weighted by molar-refractivity contribution is -0.143. The predicted octanol–water partition coefficient (Wildman–Crippen LogP) is 4.32. The summed E-state index contributed by atoms with van der Waals surface area (Å²) in [6.07, 6.45) is -8.80. The van der Waals surface area contributed by atoms with Gasteiger partial charge in [0.15, 0.2) is 0 Å². The van der Waals surface area contributed by atoms with E-state index in [1.807, 2.05) is 30.3 Å². The second kappa shape index (κ2) is 10.6. The van der Waals surface area contributed by atoms with Gasteiger partial charge in [-0.1, -0.05) is 30.3 Å². The summed E-state index contributed by atoms with van der Waals surface area (Å²) in [5, 5.41) is 2.53. The van der Waals surface area contributed by atoms with E-state index in [2.05, 4.69) is 5.32 Å². The summed E-state index contributed by atoms with van der Waals surface area (Å²) in [4.78, 5) is 12.0. The molecule has 1 amide bonds. The van der Waals surface area contributed by atoms with Gasteiger partial charge in [0.05, 0.1) is 30.4 Å². The number of ether oxygens (including phenoxy) is 1. The van der Waals surface area contributed by atoms with Crippen molar-refractivity contribution in [3.8, 4) is 0 Å². The first kappa shape index (κ1) is 24.7. The number of carbonyl (C=O) groups excluding carboxylic acids is 1. The molecule has 31 heavy (non-hydrogen) atoms. The molecule has 0 spiro atoms. The molecule has 0 aromatic heterocycles. The van der Waals surface area contributed by atoms with Crippen LogP contribution in [0.3, 0.4) is 0 Å². The minimum absolute atomic E-state index is 0.0168. The van der Waals surface area contributed by atoms with Crippen molar-refractivity contribution in [2.45, 2.75) is 37.8 Å². The average Bonchev–Trinajstić information content (AvgIpc) is 2.70. The molecule has 2 aromatic rings. The number of amides is 1. The van der Waals surface area contributed by atoms with Crippen LogP contribution in [0.4, 0.5) is 26.3 Å². The van der Waals surface area contributed by atoms with Crippen molar-refractivity contribution in [2.24, 2.45) is 5.73 Å². The van der Waals surface area contributed by atoms with Crippen molar-refractivity contribution in [1.82, 2.24) is 5.32 Å². The van der Waals surface area contributed by atoms with Gasteiger partial charge in [-0.25, -0.2) is 0 Å². The van der Waals surface area contributed by atoms with Crippen molar-refractivity contribution >= 4 is 5.91 Å². The Morgan fingerprint density at radius 2 is 1.52 bits per heavy atom. The van der Waals surface area contributed by atoms with E-state index in [1.165, 1.54) is 0 Å². The first-order chi connectivity index (χ1) is 14.5. The lowest BCUT2D eigenvalue weighted by Crippen LogP contribution is -2.42. The molecule has 0 bridgehead atoms. The highest BCUT2D eigenvalue weighted by atomic mass is 19.4. The summed E-state index contributed by atoms with van der Waals surface area (Å²) < 4.78 is 82.2. The Morgan fingerprint density at radius 3 is 2.06 bits per heavy atom. The zero-order valence-corrected chi connectivity index (χ0v) is 16.4. The van der Waals surface area contributed by atoms with Crippen LogP contribution in [0.15, 0.2) is 48.5 Å². The van der Waals surface area contributed by atoms with E-state index in [4.69, 9.17) is 10.5 Å². The predicted molar refractivity (Wildman–Crippen MR) is 102 cm³/mol. The fourth-order valence-electron chi connectivity index (χ4n) is 2.77. The molecule has 0 unspecified atom stereocenters. The molecule has 0 aliphatic carbocycles. The van der Waals surface area contributed by atoms with E-state index in [0.717, 1.165) is 5.56 Å². The van der Waals surface area contributed by atoms with Crippen LogP contribution in [0.2, 0.25) is 0 Å². The molecule has 0 aliphatic heterocycles. The highest BCUT2D eigenvalue weighted by Crippen LogP contribution is 2.36. The van der Waals surface area contributed by atoms with Gasteiger partial charge in [-0.3, -0.25) is 4.79 Å². The third kappa shape index (κ3) is 8.22. The molecule has 0 saturated heterocycles. The molecule has 1 atom stereocenters. The van der Waals surface area contributed by atoms with Crippen LogP contribution in [0.5, 0.6) is 0 Å². The van der Waals surface area contributed by atoms with E-state index < -0.39 is 42.0 Å². The second-order valence-electron chi connectivity index (χ2n) is 6.89. The molecule has 2 rings (SSSR count). The number of carbonyl (C=O) groups is 1. The third-order valence-electron chi connectivity index (χ3n) is 4.39. The Balaban J connectivity index is 1.79. The Morgan fingerprint density at radius 1 is 0.935 bits per heavy atom. The summed E-state index contributed by atoms with van der Waals surface area (Å²) in [5.74, 6) is -0.419. The molecule has 170 valence electrons. The number of nitrogens with one attached hydrogen (secondary N) is 1. The quantitative estimate of drug-likeness (QED) is 0.444. The van der Waals surface area contributed by atoms with E-state index in [1.54, 1.807) is 0 Å². The van der Waals surface area contributed by atoms with Gasteiger partial charge in [0.25, 0.3) is 0 Å². The first-order valence-electron chi connectivity index (χ1n) is 9.40. The van der Waals surface area contributed by atoms with Crippen LogP contribution < -0.4 is 11.1 Å². The van der Waals surface area contributed by atoms with Gasteiger partial charge in [0.1, 0.15) is 0 Å². The standard InChI is InChI=1S/C21H22F6N2O2/c22-20(23,24)16-10-15(11-17(12-16)21(25,26)27)13-31-9-8-29-19(30)18(28)7-6-14-4-2-1-3-5-14/h1-5,10-12,18H,6-9,13,28H2,(H,29,30)/t18-/m0/s1. The van der Waals surface area contributed by atoms with Crippen LogP contribution in [0, 0.1) is 0 Å². The number of aryl methyl sites for hydroxylation is 1. The number of rotatable bonds is 9. The number of alkyl halides is 6. The fourth-order valence-corrected chi connectivity index (χ4v) is 2.77. The van der Waals surface area contributed by atoms with Crippen LogP contribution in [-0.2, 0) is 34.9 Å². The minimum Gasteiger partial charge on any atom is -0.375 e. The first-order valence-corrected chi connectivity index (χ1v) is 9.40. The molecule has 0 heterocycles. The Bertz CT molecular complexity index is 821. The molecule has 3 N–H and O–H groups in total. The average molecular weight is 448 g/mol.